The lowest BCUT2D eigenvalue weighted by atomic mass is 9.95. The van der Waals surface area contributed by atoms with Crippen LogP contribution in [0.1, 0.15) is 55.6 Å². The predicted octanol–water partition coefficient (Wildman–Crippen LogP) is 3.27. The van der Waals surface area contributed by atoms with E-state index in [1.165, 1.54) is 28.6 Å². The second-order valence-corrected chi connectivity index (χ2v) is 15.0. The molecular formula is C36H48N6O6S. The number of urea groups is 1. The van der Waals surface area contributed by atoms with E-state index in [9.17, 15) is 27.9 Å². The van der Waals surface area contributed by atoms with Gasteiger partial charge in [-0.05, 0) is 59.7 Å². The third-order valence-corrected chi connectivity index (χ3v) is 10.7. The molecule has 1 saturated heterocycles. The van der Waals surface area contributed by atoms with Crippen molar-refractivity contribution in [2.45, 2.75) is 70.2 Å². The topological polar surface area (TPSA) is 166 Å². The highest BCUT2D eigenvalue weighted by molar-refractivity contribution is 7.89. The highest BCUT2D eigenvalue weighted by atomic mass is 32.2. The van der Waals surface area contributed by atoms with Gasteiger partial charge in [-0.15, -0.1) is 0 Å². The van der Waals surface area contributed by atoms with Crippen LogP contribution in [0.15, 0.2) is 84.0 Å². The highest BCUT2D eigenvalue weighted by Gasteiger charge is 2.41. The van der Waals surface area contributed by atoms with Gasteiger partial charge < -0.3 is 26.0 Å². The molecule has 13 heteroatoms. The number of primary amides is 1. The van der Waals surface area contributed by atoms with Crippen LogP contribution in [0.2, 0.25) is 0 Å². The van der Waals surface area contributed by atoms with E-state index in [1.54, 1.807) is 22.2 Å². The van der Waals surface area contributed by atoms with Gasteiger partial charge in [0.25, 0.3) is 0 Å². The molecule has 49 heavy (non-hydrogen) atoms. The monoisotopic (exact) mass is 692 g/mol. The minimum absolute atomic E-state index is 0.0470. The largest absolute Gasteiger partial charge is 0.390 e. The standard InChI is InChI=1S/C36H48N6O6S/c1-5-26(4)33(42-19-18-40(36(42)46)23-28-12-9-17-38-21-28)35(45)39-31(20-27-10-7-6-8-11-27)32(43)24-41(22-25(2)3)49(47,48)30-15-13-29(14-16-30)34(37)44/h6-17,21,25-26,31-33,43H,5,18-20,22-24H2,1-4H3,(H2,37,44)(H,39,45)/t26-,31-,32+,33-/m0/s1. The van der Waals surface area contributed by atoms with Crippen LogP contribution in [-0.2, 0) is 27.8 Å². The second kappa shape index (κ2) is 16.9. The van der Waals surface area contributed by atoms with Crippen molar-refractivity contribution in [2.75, 3.05) is 26.2 Å². The average molecular weight is 693 g/mol. The summed E-state index contributed by atoms with van der Waals surface area (Å²) in [4.78, 5) is 46.8. The first-order valence-corrected chi connectivity index (χ1v) is 18.1. The Morgan fingerprint density at radius 1 is 0.980 bits per heavy atom. The minimum atomic E-state index is -4.11. The second-order valence-electron chi connectivity index (χ2n) is 13.1. The van der Waals surface area contributed by atoms with Crippen LogP contribution in [0.3, 0.4) is 0 Å². The molecule has 1 aliphatic heterocycles. The third kappa shape index (κ3) is 9.64. The first-order chi connectivity index (χ1) is 23.3. The Labute approximate surface area is 289 Å². The van der Waals surface area contributed by atoms with E-state index in [1.807, 2.05) is 70.2 Å². The first-order valence-electron chi connectivity index (χ1n) is 16.7. The molecule has 2 heterocycles. The molecule has 4 amide bonds. The van der Waals surface area contributed by atoms with Crippen LogP contribution in [0, 0.1) is 11.8 Å². The van der Waals surface area contributed by atoms with Crippen molar-refractivity contribution in [3.05, 3.63) is 95.8 Å². The van der Waals surface area contributed by atoms with Gasteiger partial charge in [-0.2, -0.15) is 4.31 Å². The number of nitrogens with two attached hydrogens (primary N) is 1. The van der Waals surface area contributed by atoms with Gasteiger partial charge in [0.15, 0.2) is 0 Å². The molecule has 1 aliphatic rings. The van der Waals surface area contributed by atoms with E-state index in [2.05, 4.69) is 10.3 Å². The number of carbonyl (C=O) groups is 3. The van der Waals surface area contributed by atoms with E-state index in [0.29, 0.717) is 26.1 Å². The predicted molar refractivity (Wildman–Crippen MR) is 187 cm³/mol. The molecule has 4 N–H and O–H groups in total. The van der Waals surface area contributed by atoms with Crippen LogP contribution in [0.25, 0.3) is 0 Å². The van der Waals surface area contributed by atoms with Gasteiger partial charge in [0.2, 0.25) is 21.8 Å². The molecular weight excluding hydrogens is 644 g/mol. The lowest BCUT2D eigenvalue weighted by molar-refractivity contribution is -0.128. The number of hydrogen-bond donors (Lipinski definition) is 3. The summed E-state index contributed by atoms with van der Waals surface area (Å²) in [5, 5.41) is 14.8. The van der Waals surface area contributed by atoms with Crippen molar-refractivity contribution in [1.82, 2.24) is 24.4 Å². The molecule has 0 aliphatic carbocycles. The maximum atomic E-state index is 14.2. The summed E-state index contributed by atoms with van der Waals surface area (Å²) in [6.07, 6.45) is 2.93. The molecule has 2 aromatic carbocycles. The Morgan fingerprint density at radius 3 is 2.24 bits per heavy atom. The molecule has 0 unspecified atom stereocenters. The van der Waals surface area contributed by atoms with E-state index in [4.69, 9.17) is 5.73 Å². The van der Waals surface area contributed by atoms with E-state index in [0.717, 1.165) is 11.1 Å². The fraction of sp³-hybridized carbons (Fsp3) is 0.444. The van der Waals surface area contributed by atoms with Crippen molar-refractivity contribution in [2.24, 2.45) is 17.6 Å². The highest BCUT2D eigenvalue weighted by Crippen LogP contribution is 2.24. The molecule has 3 aromatic rings. The van der Waals surface area contributed by atoms with Crippen molar-refractivity contribution in [3.8, 4) is 0 Å². The van der Waals surface area contributed by atoms with Gasteiger partial charge >= 0.3 is 6.03 Å². The SMILES string of the molecule is CC[C@H](C)[C@@H](C(=O)N[C@@H](Cc1ccccc1)[C@H](O)CN(CC(C)C)S(=O)(=O)c1ccc(C(N)=O)cc1)N1CCN(Cc2cccnc2)C1=O. The maximum Gasteiger partial charge on any atom is 0.321 e. The van der Waals surface area contributed by atoms with Crippen molar-refractivity contribution in [3.63, 3.8) is 0 Å². The fourth-order valence-electron chi connectivity index (χ4n) is 6.02. The minimum Gasteiger partial charge on any atom is -0.390 e. The van der Waals surface area contributed by atoms with Gasteiger partial charge in [-0.25, -0.2) is 13.2 Å². The summed E-state index contributed by atoms with van der Waals surface area (Å²) in [5.41, 5.74) is 7.24. The number of amides is 4. The zero-order valence-electron chi connectivity index (χ0n) is 28.6. The summed E-state index contributed by atoms with van der Waals surface area (Å²) in [6, 6.07) is 16.4. The Morgan fingerprint density at radius 2 is 1.65 bits per heavy atom. The number of carbonyl (C=O) groups excluding carboxylic acids is 3. The molecule has 0 radical (unpaired) electrons. The number of aromatic nitrogens is 1. The van der Waals surface area contributed by atoms with Crippen molar-refractivity contribution in [1.29, 1.82) is 0 Å². The van der Waals surface area contributed by atoms with Crippen LogP contribution >= 0.6 is 0 Å². The number of nitrogens with zero attached hydrogens (tertiary/aromatic N) is 4. The molecule has 0 saturated carbocycles. The summed E-state index contributed by atoms with van der Waals surface area (Å²) in [6.45, 7) is 8.61. The third-order valence-electron chi connectivity index (χ3n) is 8.84. The Bertz CT molecular complexity index is 1660. The molecule has 0 spiro atoms. The zero-order valence-corrected chi connectivity index (χ0v) is 29.4. The molecule has 1 fully saturated rings. The molecule has 264 valence electrons. The smallest absolute Gasteiger partial charge is 0.321 e. The van der Waals surface area contributed by atoms with E-state index >= 15 is 0 Å². The van der Waals surface area contributed by atoms with Gasteiger partial charge in [0, 0.05) is 50.7 Å². The first kappa shape index (κ1) is 37.5. The fourth-order valence-corrected chi connectivity index (χ4v) is 7.64. The van der Waals surface area contributed by atoms with Gasteiger partial charge in [0.05, 0.1) is 17.0 Å². The number of rotatable bonds is 17. The number of pyridine rings is 1. The number of aliphatic hydroxyl groups is 1. The number of nitrogens with one attached hydrogen (secondary N) is 1. The number of sulfonamides is 1. The van der Waals surface area contributed by atoms with Crippen LogP contribution in [-0.4, -0.2) is 94.8 Å². The summed E-state index contributed by atoms with van der Waals surface area (Å²) in [5.74, 6) is -1.37. The Kier molecular flexibility index (Phi) is 12.9. The molecule has 12 nitrogen and oxygen atoms in total. The maximum absolute atomic E-state index is 14.2. The lowest BCUT2D eigenvalue weighted by Gasteiger charge is -2.35. The normalized spacial score (nSPS) is 16.1. The molecule has 4 rings (SSSR count). The molecule has 4 atom stereocenters. The summed E-state index contributed by atoms with van der Waals surface area (Å²) < 4.78 is 28.9. The zero-order chi connectivity index (χ0) is 35.7. The quantitative estimate of drug-likeness (QED) is 0.195. The van der Waals surface area contributed by atoms with Gasteiger partial charge in [-0.1, -0.05) is 70.5 Å². The number of aliphatic hydroxyl groups excluding tert-OH is 1. The van der Waals surface area contributed by atoms with Crippen molar-refractivity contribution < 1.29 is 27.9 Å². The lowest BCUT2D eigenvalue weighted by Crippen LogP contribution is -2.57. The Balaban J connectivity index is 1.59. The van der Waals surface area contributed by atoms with E-state index in [-0.39, 0.29) is 47.8 Å². The molecule has 0 bridgehead atoms. The van der Waals surface area contributed by atoms with E-state index < -0.39 is 40.0 Å². The number of benzene rings is 2. The molecule has 1 aromatic heterocycles. The number of hydrogen-bond acceptors (Lipinski definition) is 7. The summed E-state index contributed by atoms with van der Waals surface area (Å²) >= 11 is 0. The Hall–Kier alpha value is -4.33. The summed E-state index contributed by atoms with van der Waals surface area (Å²) in [7, 11) is -4.11. The van der Waals surface area contributed by atoms with Crippen molar-refractivity contribution >= 4 is 27.9 Å². The van der Waals surface area contributed by atoms with Gasteiger partial charge in [0.1, 0.15) is 6.04 Å². The van der Waals surface area contributed by atoms with Crippen LogP contribution in [0.5, 0.6) is 0 Å². The average Bonchev–Trinajstić information content (AvgIpc) is 3.43. The van der Waals surface area contributed by atoms with Gasteiger partial charge in [-0.3, -0.25) is 14.6 Å². The van der Waals surface area contributed by atoms with Crippen LogP contribution in [0.4, 0.5) is 4.79 Å². The van der Waals surface area contributed by atoms with Crippen LogP contribution < -0.4 is 11.1 Å².